The van der Waals surface area contributed by atoms with Gasteiger partial charge in [-0.25, -0.2) is 14.4 Å². The minimum Gasteiger partial charge on any atom is -0.365 e. The maximum atomic E-state index is 13.5. The molecule has 0 fully saturated rings. The predicted molar refractivity (Wildman–Crippen MR) is 92.6 cm³/mol. The normalized spacial score (nSPS) is 14.1. The van der Waals surface area contributed by atoms with Gasteiger partial charge in [0.15, 0.2) is 0 Å². The zero-order valence-electron chi connectivity index (χ0n) is 13.4. The Morgan fingerprint density at radius 3 is 3.20 bits per heavy atom. The molecular weight excluding hydrogens is 321 g/mol. The van der Waals surface area contributed by atoms with E-state index >= 15 is 0 Å². The molecule has 0 unspecified atom stereocenters. The van der Waals surface area contributed by atoms with Gasteiger partial charge in [0.2, 0.25) is 0 Å². The molecule has 4 heterocycles. The fourth-order valence-electron chi connectivity index (χ4n) is 3.40. The lowest BCUT2D eigenvalue weighted by Gasteiger charge is -2.16. The van der Waals surface area contributed by atoms with Crippen molar-refractivity contribution in [2.45, 2.75) is 19.6 Å². The van der Waals surface area contributed by atoms with Crippen LogP contribution in [0.2, 0.25) is 0 Å². The SMILES string of the molecule is Fc1ccc2c(c1)[nH]c1ncnc(NCc3cnn4c3CNCC4)c12. The fraction of sp³-hybridized carbons (Fsp3) is 0.235. The van der Waals surface area contributed by atoms with Gasteiger partial charge < -0.3 is 15.6 Å². The standard InChI is InChI=1S/C17H16FN7/c18-11-1-2-12-13(5-11)24-17-15(12)16(21-9-22-17)20-6-10-7-23-25-4-3-19-8-14(10)25/h1-2,5,7,9,19H,3-4,6,8H2,(H2,20,21,22,24). The van der Waals surface area contributed by atoms with E-state index in [1.54, 1.807) is 6.07 Å². The maximum Gasteiger partial charge on any atom is 0.143 e. The Morgan fingerprint density at radius 2 is 2.24 bits per heavy atom. The van der Waals surface area contributed by atoms with Crippen molar-refractivity contribution in [1.29, 1.82) is 0 Å². The molecule has 1 aromatic carbocycles. The second-order valence-electron chi connectivity index (χ2n) is 6.13. The van der Waals surface area contributed by atoms with Crippen LogP contribution in [-0.2, 0) is 19.6 Å². The van der Waals surface area contributed by atoms with Crippen LogP contribution in [0.4, 0.5) is 10.2 Å². The molecule has 3 aromatic heterocycles. The summed E-state index contributed by atoms with van der Waals surface area (Å²) >= 11 is 0. The summed E-state index contributed by atoms with van der Waals surface area (Å²) in [5, 5.41) is 13.0. The molecular formula is C17H16FN7. The third-order valence-corrected chi connectivity index (χ3v) is 4.63. The summed E-state index contributed by atoms with van der Waals surface area (Å²) < 4.78 is 15.5. The first-order chi connectivity index (χ1) is 12.3. The van der Waals surface area contributed by atoms with Gasteiger partial charge in [-0.2, -0.15) is 5.10 Å². The van der Waals surface area contributed by atoms with Gasteiger partial charge in [0.05, 0.1) is 29.3 Å². The van der Waals surface area contributed by atoms with Gasteiger partial charge in [-0.05, 0) is 18.2 Å². The van der Waals surface area contributed by atoms with Crippen molar-refractivity contribution in [3.63, 3.8) is 0 Å². The molecule has 0 spiro atoms. The summed E-state index contributed by atoms with van der Waals surface area (Å²) in [6.45, 7) is 3.28. The van der Waals surface area contributed by atoms with E-state index in [2.05, 4.69) is 30.7 Å². The van der Waals surface area contributed by atoms with Crippen LogP contribution in [0.1, 0.15) is 11.3 Å². The number of aromatic amines is 1. The van der Waals surface area contributed by atoms with Gasteiger partial charge in [0.1, 0.15) is 23.6 Å². The molecule has 1 aliphatic heterocycles. The third-order valence-electron chi connectivity index (χ3n) is 4.63. The molecule has 7 nitrogen and oxygen atoms in total. The number of hydrogen-bond donors (Lipinski definition) is 3. The Balaban J connectivity index is 1.52. The zero-order valence-corrected chi connectivity index (χ0v) is 13.4. The Hall–Kier alpha value is -3.00. The van der Waals surface area contributed by atoms with Gasteiger partial charge in [-0.15, -0.1) is 0 Å². The predicted octanol–water partition coefficient (Wildman–Crippen LogP) is 2.16. The third kappa shape index (κ3) is 2.33. The van der Waals surface area contributed by atoms with E-state index in [4.69, 9.17) is 0 Å². The average Bonchev–Trinajstić information content (AvgIpc) is 3.20. The van der Waals surface area contributed by atoms with E-state index in [-0.39, 0.29) is 5.82 Å². The topological polar surface area (TPSA) is 83.5 Å². The number of nitrogens with zero attached hydrogens (tertiary/aromatic N) is 4. The minimum absolute atomic E-state index is 0.277. The largest absolute Gasteiger partial charge is 0.365 e. The molecule has 25 heavy (non-hydrogen) atoms. The van der Waals surface area contributed by atoms with Crippen molar-refractivity contribution < 1.29 is 4.39 Å². The van der Waals surface area contributed by atoms with E-state index in [9.17, 15) is 4.39 Å². The molecule has 0 amide bonds. The van der Waals surface area contributed by atoms with Gasteiger partial charge in [0.25, 0.3) is 0 Å². The fourth-order valence-corrected chi connectivity index (χ4v) is 3.40. The molecule has 126 valence electrons. The molecule has 0 radical (unpaired) electrons. The number of aromatic nitrogens is 5. The van der Waals surface area contributed by atoms with Crippen molar-refractivity contribution in [3.05, 3.63) is 47.8 Å². The molecule has 5 rings (SSSR count). The summed E-state index contributed by atoms with van der Waals surface area (Å²) in [7, 11) is 0. The molecule has 0 saturated heterocycles. The van der Waals surface area contributed by atoms with Crippen molar-refractivity contribution in [2.75, 3.05) is 11.9 Å². The van der Waals surface area contributed by atoms with Gasteiger partial charge >= 0.3 is 0 Å². The second kappa shape index (κ2) is 5.52. The molecule has 4 aromatic rings. The van der Waals surface area contributed by atoms with Crippen LogP contribution < -0.4 is 10.6 Å². The van der Waals surface area contributed by atoms with E-state index < -0.39 is 0 Å². The van der Waals surface area contributed by atoms with Crippen LogP contribution in [-0.4, -0.2) is 31.3 Å². The summed E-state index contributed by atoms with van der Waals surface area (Å²) in [6.07, 6.45) is 3.41. The lowest BCUT2D eigenvalue weighted by atomic mass is 10.2. The van der Waals surface area contributed by atoms with Crippen LogP contribution in [0.15, 0.2) is 30.7 Å². The Morgan fingerprint density at radius 1 is 1.28 bits per heavy atom. The van der Waals surface area contributed by atoms with E-state index in [0.717, 1.165) is 41.8 Å². The molecule has 0 bridgehead atoms. The monoisotopic (exact) mass is 337 g/mol. The lowest BCUT2D eigenvalue weighted by Crippen LogP contribution is -2.29. The molecule has 0 aliphatic carbocycles. The Bertz CT molecular complexity index is 1080. The Labute approximate surface area is 142 Å². The van der Waals surface area contributed by atoms with E-state index in [1.165, 1.54) is 24.2 Å². The molecule has 0 saturated carbocycles. The summed E-state index contributed by atoms with van der Waals surface area (Å²) in [6, 6.07) is 4.68. The summed E-state index contributed by atoms with van der Waals surface area (Å²) in [5.41, 5.74) is 3.75. The summed E-state index contributed by atoms with van der Waals surface area (Å²) in [5.74, 6) is 0.451. The lowest BCUT2D eigenvalue weighted by molar-refractivity contribution is 0.474. The number of H-pyrrole nitrogens is 1. The van der Waals surface area contributed by atoms with Crippen LogP contribution in [0.25, 0.3) is 21.9 Å². The smallest absolute Gasteiger partial charge is 0.143 e. The first-order valence-electron chi connectivity index (χ1n) is 8.20. The van der Waals surface area contributed by atoms with Crippen molar-refractivity contribution in [1.82, 2.24) is 30.0 Å². The highest BCUT2D eigenvalue weighted by Crippen LogP contribution is 2.29. The second-order valence-corrected chi connectivity index (χ2v) is 6.13. The van der Waals surface area contributed by atoms with Crippen LogP contribution in [0, 0.1) is 5.82 Å². The highest BCUT2D eigenvalue weighted by molar-refractivity contribution is 6.10. The molecule has 3 N–H and O–H groups in total. The van der Waals surface area contributed by atoms with Gasteiger partial charge in [-0.3, -0.25) is 4.68 Å². The average molecular weight is 337 g/mol. The highest BCUT2D eigenvalue weighted by atomic mass is 19.1. The van der Waals surface area contributed by atoms with E-state index in [1.807, 2.05) is 10.9 Å². The molecule has 8 heteroatoms. The van der Waals surface area contributed by atoms with Crippen molar-refractivity contribution in [2.24, 2.45) is 0 Å². The quantitative estimate of drug-likeness (QED) is 0.534. The van der Waals surface area contributed by atoms with Gasteiger partial charge in [0, 0.05) is 30.6 Å². The molecule has 0 atom stereocenters. The maximum absolute atomic E-state index is 13.5. The number of halogens is 1. The van der Waals surface area contributed by atoms with Gasteiger partial charge in [-0.1, -0.05) is 0 Å². The van der Waals surface area contributed by atoms with Crippen molar-refractivity contribution >= 4 is 27.8 Å². The van der Waals surface area contributed by atoms with Crippen LogP contribution in [0.3, 0.4) is 0 Å². The van der Waals surface area contributed by atoms with E-state index in [0.29, 0.717) is 17.7 Å². The number of benzene rings is 1. The number of hydrogen-bond acceptors (Lipinski definition) is 5. The first-order valence-corrected chi connectivity index (χ1v) is 8.20. The van der Waals surface area contributed by atoms with Crippen molar-refractivity contribution in [3.8, 4) is 0 Å². The number of fused-ring (bicyclic) bond motifs is 4. The molecule has 1 aliphatic rings. The number of anilines is 1. The first kappa shape index (κ1) is 14.4. The Kier molecular flexibility index (Phi) is 3.17. The minimum atomic E-state index is -0.277. The highest BCUT2D eigenvalue weighted by Gasteiger charge is 2.16. The van der Waals surface area contributed by atoms with Crippen LogP contribution in [0.5, 0.6) is 0 Å². The summed E-state index contributed by atoms with van der Waals surface area (Å²) in [4.78, 5) is 11.8. The van der Waals surface area contributed by atoms with Crippen LogP contribution >= 0.6 is 0 Å². The number of nitrogens with one attached hydrogen (secondary N) is 3. The number of rotatable bonds is 3. The zero-order chi connectivity index (χ0) is 16.8.